The fourth-order valence-electron chi connectivity index (χ4n) is 2.17. The Labute approximate surface area is 119 Å². The summed E-state index contributed by atoms with van der Waals surface area (Å²) in [6.07, 6.45) is 1.45. The predicted molar refractivity (Wildman–Crippen MR) is 78.2 cm³/mol. The van der Waals surface area contributed by atoms with Crippen molar-refractivity contribution in [3.63, 3.8) is 0 Å². The van der Waals surface area contributed by atoms with Gasteiger partial charge in [-0.3, -0.25) is 0 Å². The Morgan fingerprint density at radius 1 is 0.895 bits per heavy atom. The normalized spacial score (nSPS) is 17.5. The monoisotopic (exact) mass is 290 g/mol. The van der Waals surface area contributed by atoms with Gasteiger partial charge in [0.25, 0.3) is 0 Å². The van der Waals surface area contributed by atoms with Crippen molar-refractivity contribution in [2.45, 2.75) is 72.3 Å². The van der Waals surface area contributed by atoms with Gasteiger partial charge in [-0.2, -0.15) is 0 Å². The third kappa shape index (κ3) is 6.36. The molecule has 114 valence electrons. The molecule has 0 unspecified atom stereocenters. The van der Waals surface area contributed by atoms with Gasteiger partial charge in [0, 0.05) is 30.3 Å². The van der Waals surface area contributed by atoms with E-state index in [-0.39, 0.29) is 18.3 Å². The minimum Gasteiger partial charge on any atom is -0.381 e. The summed E-state index contributed by atoms with van der Waals surface area (Å²) in [5.74, 6) is 0.647. The first kappa shape index (κ1) is 17.1. The van der Waals surface area contributed by atoms with Crippen molar-refractivity contribution in [2.24, 2.45) is 5.92 Å². The summed E-state index contributed by atoms with van der Waals surface area (Å²) in [5.41, 5.74) is 0. The quantitative estimate of drug-likeness (QED) is 0.611. The van der Waals surface area contributed by atoms with Crippen LogP contribution in [0.3, 0.4) is 0 Å². The predicted octanol–water partition coefficient (Wildman–Crippen LogP) is 3.24. The van der Waals surface area contributed by atoms with E-state index < -0.39 is 8.80 Å². The molecule has 0 spiro atoms. The Bertz CT molecular complexity index is 225. The maximum atomic E-state index is 6.13. The van der Waals surface area contributed by atoms with Crippen molar-refractivity contribution in [2.75, 3.05) is 13.2 Å². The third-order valence-corrected chi connectivity index (χ3v) is 6.20. The number of hydrogen-bond donors (Lipinski definition) is 0. The second-order valence-corrected chi connectivity index (χ2v) is 8.70. The summed E-state index contributed by atoms with van der Waals surface area (Å²) >= 11 is 0. The fraction of sp³-hybridized carbons (Fsp3) is 1.00. The lowest BCUT2D eigenvalue weighted by Crippen LogP contribution is -2.51. The molecule has 0 aliphatic carbocycles. The number of hydrogen-bond acceptors (Lipinski definition) is 4. The van der Waals surface area contributed by atoms with Gasteiger partial charge < -0.3 is 18.0 Å². The van der Waals surface area contributed by atoms with Crippen LogP contribution < -0.4 is 0 Å². The zero-order valence-electron chi connectivity index (χ0n) is 13.3. The molecule has 1 aliphatic heterocycles. The summed E-state index contributed by atoms with van der Waals surface area (Å²) < 4.78 is 23.6. The molecule has 0 aromatic heterocycles. The SMILES string of the molecule is CC(C)O[Si](CCC1COC1)(OC(C)C)OC(C)C. The van der Waals surface area contributed by atoms with E-state index in [9.17, 15) is 0 Å². The van der Waals surface area contributed by atoms with Crippen LogP contribution in [-0.4, -0.2) is 40.3 Å². The van der Waals surface area contributed by atoms with Gasteiger partial charge in [-0.1, -0.05) is 0 Å². The van der Waals surface area contributed by atoms with E-state index >= 15 is 0 Å². The van der Waals surface area contributed by atoms with E-state index in [2.05, 4.69) is 0 Å². The summed E-state index contributed by atoms with van der Waals surface area (Å²) in [7, 11) is -2.59. The molecular weight excluding hydrogens is 260 g/mol. The second kappa shape index (κ2) is 7.74. The van der Waals surface area contributed by atoms with E-state index in [1.807, 2.05) is 41.5 Å². The Balaban J connectivity index is 2.67. The van der Waals surface area contributed by atoms with Gasteiger partial charge in [0.2, 0.25) is 0 Å². The highest BCUT2D eigenvalue weighted by Crippen LogP contribution is 2.27. The molecule has 1 aliphatic rings. The number of ether oxygens (including phenoxy) is 1. The van der Waals surface area contributed by atoms with Crippen molar-refractivity contribution in [1.82, 2.24) is 0 Å². The lowest BCUT2D eigenvalue weighted by molar-refractivity contribution is -0.0400. The molecule has 19 heavy (non-hydrogen) atoms. The zero-order valence-corrected chi connectivity index (χ0v) is 14.3. The van der Waals surface area contributed by atoms with Gasteiger partial charge in [-0.05, 0) is 48.0 Å². The zero-order chi connectivity index (χ0) is 14.5. The highest BCUT2D eigenvalue weighted by molar-refractivity contribution is 6.60. The summed E-state index contributed by atoms with van der Waals surface area (Å²) in [6.45, 7) is 14.0. The van der Waals surface area contributed by atoms with Gasteiger partial charge in [0.05, 0.1) is 13.2 Å². The number of rotatable bonds is 9. The fourth-order valence-corrected chi connectivity index (χ4v) is 5.61. The Morgan fingerprint density at radius 2 is 1.32 bits per heavy atom. The van der Waals surface area contributed by atoms with E-state index in [0.717, 1.165) is 25.7 Å². The molecule has 0 aromatic carbocycles. The van der Waals surface area contributed by atoms with Gasteiger partial charge in [-0.25, -0.2) is 0 Å². The Morgan fingerprint density at radius 3 is 1.58 bits per heavy atom. The van der Waals surface area contributed by atoms with Crippen LogP contribution >= 0.6 is 0 Å². The standard InChI is InChI=1S/C14H30O4Si/c1-11(2)16-19(17-12(3)4,18-13(5)6)8-7-14-9-15-10-14/h11-14H,7-10H2,1-6H3. The van der Waals surface area contributed by atoms with Crippen LogP contribution in [0.1, 0.15) is 48.0 Å². The molecule has 0 aromatic rings. The molecule has 0 atom stereocenters. The third-order valence-electron chi connectivity index (χ3n) is 2.81. The lowest BCUT2D eigenvalue weighted by atomic mass is 10.1. The molecular formula is C14H30O4Si. The van der Waals surface area contributed by atoms with Crippen LogP contribution in [0.25, 0.3) is 0 Å². The first-order chi connectivity index (χ1) is 8.83. The Hall–Kier alpha value is 0.0569. The van der Waals surface area contributed by atoms with Crippen molar-refractivity contribution in [3.05, 3.63) is 0 Å². The van der Waals surface area contributed by atoms with Gasteiger partial charge >= 0.3 is 8.80 Å². The topological polar surface area (TPSA) is 36.9 Å². The van der Waals surface area contributed by atoms with Gasteiger partial charge in [0.1, 0.15) is 0 Å². The van der Waals surface area contributed by atoms with Crippen molar-refractivity contribution in [1.29, 1.82) is 0 Å². The summed E-state index contributed by atoms with van der Waals surface area (Å²) in [5, 5.41) is 0. The van der Waals surface area contributed by atoms with Gasteiger partial charge in [0.15, 0.2) is 0 Å². The van der Waals surface area contributed by atoms with Crippen molar-refractivity contribution in [3.8, 4) is 0 Å². The maximum Gasteiger partial charge on any atom is 0.501 e. The Kier molecular flexibility index (Phi) is 6.97. The molecule has 4 nitrogen and oxygen atoms in total. The van der Waals surface area contributed by atoms with Crippen LogP contribution in [0.5, 0.6) is 0 Å². The molecule has 1 fully saturated rings. The smallest absolute Gasteiger partial charge is 0.381 e. The van der Waals surface area contributed by atoms with E-state index in [1.165, 1.54) is 0 Å². The van der Waals surface area contributed by atoms with Crippen molar-refractivity contribution < 1.29 is 18.0 Å². The lowest BCUT2D eigenvalue weighted by Gasteiger charge is -2.36. The minimum atomic E-state index is -2.59. The largest absolute Gasteiger partial charge is 0.501 e. The first-order valence-corrected chi connectivity index (χ1v) is 9.37. The maximum absolute atomic E-state index is 6.13. The minimum absolute atomic E-state index is 0.127. The summed E-state index contributed by atoms with van der Waals surface area (Å²) in [6, 6.07) is 0.884. The molecule has 0 amide bonds. The van der Waals surface area contributed by atoms with Crippen molar-refractivity contribution >= 4 is 8.80 Å². The molecule has 0 N–H and O–H groups in total. The van der Waals surface area contributed by atoms with Crippen LogP contribution in [0.4, 0.5) is 0 Å². The van der Waals surface area contributed by atoms with E-state index in [0.29, 0.717) is 5.92 Å². The van der Waals surface area contributed by atoms with Crippen LogP contribution in [0.15, 0.2) is 0 Å². The van der Waals surface area contributed by atoms with Crippen LogP contribution in [0, 0.1) is 5.92 Å². The van der Waals surface area contributed by atoms with Crippen LogP contribution in [-0.2, 0) is 18.0 Å². The molecule has 1 heterocycles. The highest BCUT2D eigenvalue weighted by atomic mass is 28.4. The van der Waals surface area contributed by atoms with Crippen LogP contribution in [0.2, 0.25) is 6.04 Å². The van der Waals surface area contributed by atoms with E-state index in [1.54, 1.807) is 0 Å². The highest BCUT2D eigenvalue weighted by Gasteiger charge is 2.44. The molecule has 0 bridgehead atoms. The van der Waals surface area contributed by atoms with Gasteiger partial charge in [-0.15, -0.1) is 0 Å². The first-order valence-electron chi connectivity index (χ1n) is 7.44. The molecule has 5 heteroatoms. The molecule has 1 rings (SSSR count). The average Bonchev–Trinajstić information content (AvgIpc) is 2.10. The summed E-state index contributed by atoms with van der Waals surface area (Å²) in [4.78, 5) is 0. The van der Waals surface area contributed by atoms with E-state index in [4.69, 9.17) is 18.0 Å². The molecule has 0 saturated carbocycles. The average molecular weight is 290 g/mol. The molecule has 0 radical (unpaired) electrons. The molecule has 1 saturated heterocycles. The second-order valence-electron chi connectivity index (χ2n) is 6.12.